The molecular formula is C24H29FO7. The molecule has 4 rings (SSSR count). The molecule has 32 heavy (non-hydrogen) atoms. The molecule has 1 heterocycles. The molecule has 0 spiro atoms. The number of benzene rings is 2. The van der Waals surface area contributed by atoms with E-state index in [2.05, 4.69) is 0 Å². The van der Waals surface area contributed by atoms with E-state index in [-0.39, 0.29) is 23.1 Å². The lowest BCUT2D eigenvalue weighted by molar-refractivity contribution is -0.364. The van der Waals surface area contributed by atoms with Gasteiger partial charge in [0.15, 0.2) is 0 Å². The van der Waals surface area contributed by atoms with E-state index in [4.69, 9.17) is 4.74 Å². The summed E-state index contributed by atoms with van der Waals surface area (Å²) in [5.74, 6) is -2.79. The molecule has 0 unspecified atom stereocenters. The lowest BCUT2D eigenvalue weighted by Crippen LogP contribution is -2.65. The van der Waals surface area contributed by atoms with Gasteiger partial charge < -0.3 is 35.4 Å². The highest BCUT2D eigenvalue weighted by Gasteiger charge is 2.55. The summed E-state index contributed by atoms with van der Waals surface area (Å²) in [5.41, 5.74) is 1.93. The maximum atomic E-state index is 15.2. The van der Waals surface area contributed by atoms with Gasteiger partial charge in [0.2, 0.25) is 5.79 Å². The summed E-state index contributed by atoms with van der Waals surface area (Å²) in [7, 11) is 0. The van der Waals surface area contributed by atoms with Crippen LogP contribution in [0.4, 0.5) is 4.39 Å². The summed E-state index contributed by atoms with van der Waals surface area (Å²) in [4.78, 5) is 0. The second kappa shape index (κ2) is 8.79. The minimum atomic E-state index is -2.63. The Labute approximate surface area is 185 Å². The zero-order chi connectivity index (χ0) is 23.2. The van der Waals surface area contributed by atoms with Crippen molar-refractivity contribution >= 4 is 0 Å². The standard InChI is InChI=1S/C24H29FO7/c1-12(27)22-20(28)21(29)23(30)24(31,32-22)18-9-14(11-26)10-19(25)17(18)8-13-2-4-15(5-3-13)16-6-7-16/h2-5,9-10,12,16,20-23,26-31H,6-8,11H2,1H3/t12-,20-,21-,22+,23+,24+/m0/s1. The molecule has 0 aromatic heterocycles. The zero-order valence-electron chi connectivity index (χ0n) is 17.7. The Kier molecular flexibility index (Phi) is 6.39. The number of ether oxygens (including phenoxy) is 1. The molecule has 0 bridgehead atoms. The van der Waals surface area contributed by atoms with Gasteiger partial charge in [-0.3, -0.25) is 0 Å². The normalized spacial score (nSPS) is 31.5. The Balaban J connectivity index is 1.76. The third-order valence-electron chi connectivity index (χ3n) is 6.44. The average Bonchev–Trinajstić information content (AvgIpc) is 3.61. The third kappa shape index (κ3) is 4.20. The molecule has 6 atom stereocenters. The van der Waals surface area contributed by atoms with Gasteiger partial charge in [-0.25, -0.2) is 4.39 Å². The monoisotopic (exact) mass is 448 g/mol. The maximum absolute atomic E-state index is 15.2. The summed E-state index contributed by atoms with van der Waals surface area (Å²) in [6.45, 7) is 0.767. The van der Waals surface area contributed by atoms with E-state index < -0.39 is 48.7 Å². The second-order valence-electron chi connectivity index (χ2n) is 8.90. The molecule has 2 aliphatic rings. The fraction of sp³-hybridized carbons (Fsp3) is 0.500. The van der Waals surface area contributed by atoms with Crippen LogP contribution in [0.5, 0.6) is 0 Å². The van der Waals surface area contributed by atoms with Crippen molar-refractivity contribution in [3.63, 3.8) is 0 Å². The van der Waals surface area contributed by atoms with Gasteiger partial charge >= 0.3 is 0 Å². The fourth-order valence-electron chi connectivity index (χ4n) is 4.38. The van der Waals surface area contributed by atoms with Crippen molar-refractivity contribution in [2.75, 3.05) is 0 Å². The Hall–Kier alpha value is -1.91. The van der Waals surface area contributed by atoms with Crippen LogP contribution < -0.4 is 0 Å². The van der Waals surface area contributed by atoms with Gasteiger partial charge in [-0.15, -0.1) is 0 Å². The van der Waals surface area contributed by atoms with Crippen LogP contribution in [0.1, 0.15) is 53.5 Å². The fourth-order valence-corrected chi connectivity index (χ4v) is 4.38. The molecule has 0 amide bonds. The summed E-state index contributed by atoms with van der Waals surface area (Å²) >= 11 is 0. The molecule has 1 aliphatic heterocycles. The van der Waals surface area contributed by atoms with E-state index in [1.54, 1.807) is 0 Å². The van der Waals surface area contributed by atoms with Gasteiger partial charge in [0.1, 0.15) is 30.2 Å². The number of hydrogen-bond acceptors (Lipinski definition) is 7. The lowest BCUT2D eigenvalue weighted by Gasteiger charge is -2.47. The first kappa shape index (κ1) is 23.3. The van der Waals surface area contributed by atoms with E-state index >= 15 is 4.39 Å². The largest absolute Gasteiger partial charge is 0.392 e. The number of hydrogen-bond donors (Lipinski definition) is 6. The summed E-state index contributed by atoms with van der Waals surface area (Å²) in [5, 5.41) is 62.0. The Bertz CT molecular complexity index is 960. The molecule has 8 heteroatoms. The molecule has 2 aromatic rings. The number of aliphatic hydroxyl groups excluding tert-OH is 5. The third-order valence-corrected chi connectivity index (χ3v) is 6.44. The van der Waals surface area contributed by atoms with Crippen LogP contribution in [0.2, 0.25) is 0 Å². The quantitative estimate of drug-likeness (QED) is 0.385. The first-order valence-electron chi connectivity index (χ1n) is 10.8. The van der Waals surface area contributed by atoms with Crippen LogP contribution in [0, 0.1) is 5.82 Å². The van der Waals surface area contributed by atoms with E-state index in [1.165, 1.54) is 18.6 Å². The van der Waals surface area contributed by atoms with Crippen LogP contribution in [0.15, 0.2) is 36.4 Å². The van der Waals surface area contributed by atoms with Gasteiger partial charge in [-0.2, -0.15) is 0 Å². The summed E-state index contributed by atoms with van der Waals surface area (Å²) in [6, 6.07) is 10.1. The topological polar surface area (TPSA) is 131 Å². The van der Waals surface area contributed by atoms with Gasteiger partial charge in [0.05, 0.1) is 12.7 Å². The highest BCUT2D eigenvalue weighted by Crippen LogP contribution is 2.42. The van der Waals surface area contributed by atoms with Gasteiger partial charge in [-0.05, 0) is 54.5 Å². The van der Waals surface area contributed by atoms with Crippen molar-refractivity contribution in [1.82, 2.24) is 0 Å². The molecule has 2 aromatic carbocycles. The van der Waals surface area contributed by atoms with Crippen molar-refractivity contribution in [3.05, 3.63) is 70.0 Å². The van der Waals surface area contributed by atoms with E-state index in [0.29, 0.717) is 5.92 Å². The van der Waals surface area contributed by atoms with Crippen molar-refractivity contribution in [1.29, 1.82) is 0 Å². The van der Waals surface area contributed by atoms with E-state index in [0.717, 1.165) is 24.5 Å². The van der Waals surface area contributed by atoms with Crippen molar-refractivity contribution in [2.45, 2.75) is 75.0 Å². The predicted molar refractivity (Wildman–Crippen MR) is 112 cm³/mol. The van der Waals surface area contributed by atoms with Gasteiger partial charge in [-0.1, -0.05) is 24.3 Å². The van der Waals surface area contributed by atoms with Crippen LogP contribution in [0.25, 0.3) is 0 Å². The first-order valence-corrected chi connectivity index (χ1v) is 10.8. The molecular weight excluding hydrogens is 419 g/mol. The smallest absolute Gasteiger partial charge is 0.222 e. The Morgan fingerprint density at radius 2 is 1.72 bits per heavy atom. The first-order chi connectivity index (χ1) is 15.2. The molecule has 174 valence electrons. The molecule has 2 fully saturated rings. The summed E-state index contributed by atoms with van der Waals surface area (Å²) < 4.78 is 20.7. The highest BCUT2D eigenvalue weighted by molar-refractivity contribution is 5.41. The SMILES string of the molecule is C[C@H](O)[C@H]1O[C@](O)(c2cc(CO)cc(F)c2Cc2ccc(C3CC3)cc2)[C@H](O)[C@@H](O)[C@@H]1O. The van der Waals surface area contributed by atoms with Gasteiger partial charge in [0, 0.05) is 17.5 Å². The van der Waals surface area contributed by atoms with Crippen LogP contribution in [0.3, 0.4) is 0 Å². The highest BCUT2D eigenvalue weighted by atomic mass is 19.1. The average molecular weight is 448 g/mol. The van der Waals surface area contributed by atoms with Crippen LogP contribution >= 0.6 is 0 Å². The second-order valence-corrected chi connectivity index (χ2v) is 8.90. The van der Waals surface area contributed by atoms with Crippen LogP contribution in [-0.2, 0) is 23.6 Å². The predicted octanol–water partition coefficient (Wildman–Crippen LogP) is 0.794. The number of aliphatic hydroxyl groups is 6. The lowest BCUT2D eigenvalue weighted by atomic mass is 9.83. The van der Waals surface area contributed by atoms with E-state index in [9.17, 15) is 30.6 Å². The minimum absolute atomic E-state index is 0.0101. The molecule has 6 N–H and O–H groups in total. The molecule has 7 nitrogen and oxygen atoms in total. The minimum Gasteiger partial charge on any atom is -0.392 e. The Morgan fingerprint density at radius 1 is 1.06 bits per heavy atom. The van der Waals surface area contributed by atoms with Crippen molar-refractivity contribution in [3.8, 4) is 0 Å². The molecule has 1 aliphatic carbocycles. The van der Waals surface area contributed by atoms with Crippen molar-refractivity contribution < 1.29 is 39.8 Å². The maximum Gasteiger partial charge on any atom is 0.222 e. The molecule has 1 saturated heterocycles. The summed E-state index contributed by atoms with van der Waals surface area (Å²) in [6.07, 6.45) is -5.95. The van der Waals surface area contributed by atoms with Gasteiger partial charge in [0.25, 0.3) is 0 Å². The number of halogens is 1. The Morgan fingerprint density at radius 3 is 2.28 bits per heavy atom. The zero-order valence-corrected chi connectivity index (χ0v) is 17.7. The molecule has 0 radical (unpaired) electrons. The number of rotatable bonds is 6. The molecule has 1 saturated carbocycles. The van der Waals surface area contributed by atoms with E-state index in [1.807, 2.05) is 24.3 Å². The van der Waals surface area contributed by atoms with Crippen molar-refractivity contribution in [2.24, 2.45) is 0 Å². The van der Waals surface area contributed by atoms with Crippen LogP contribution in [-0.4, -0.2) is 61.2 Å².